The zero-order chi connectivity index (χ0) is 16.2. The van der Waals surface area contributed by atoms with Crippen molar-refractivity contribution in [2.75, 3.05) is 5.32 Å². The first-order valence-electron chi connectivity index (χ1n) is 7.26. The summed E-state index contributed by atoms with van der Waals surface area (Å²) < 4.78 is 15.2. The molecule has 2 aromatic carbocycles. The number of nitrogens with zero attached hydrogens (tertiary/aromatic N) is 2. The first kappa shape index (κ1) is 15.0. The minimum Gasteiger partial charge on any atom is -0.319 e. The van der Waals surface area contributed by atoms with Crippen molar-refractivity contribution >= 4 is 11.6 Å². The number of nitrogens with one attached hydrogen (secondary N) is 1. The maximum Gasteiger partial charge on any atom is 0.256 e. The van der Waals surface area contributed by atoms with E-state index in [4.69, 9.17) is 0 Å². The van der Waals surface area contributed by atoms with Crippen molar-refractivity contribution in [1.82, 2.24) is 9.78 Å². The molecule has 3 rings (SSSR count). The van der Waals surface area contributed by atoms with Crippen LogP contribution in [0.4, 0.5) is 10.1 Å². The number of hydrogen-bond donors (Lipinski definition) is 1. The Morgan fingerprint density at radius 2 is 1.91 bits per heavy atom. The number of halogens is 1. The molecule has 1 heterocycles. The van der Waals surface area contributed by atoms with Gasteiger partial charge in [-0.25, -0.2) is 4.39 Å². The third-order valence-corrected chi connectivity index (χ3v) is 3.57. The van der Waals surface area contributed by atoms with E-state index in [0.717, 1.165) is 5.56 Å². The van der Waals surface area contributed by atoms with Crippen molar-refractivity contribution < 1.29 is 9.18 Å². The molecule has 0 spiro atoms. The van der Waals surface area contributed by atoms with E-state index in [2.05, 4.69) is 10.4 Å². The highest BCUT2D eigenvalue weighted by atomic mass is 19.1. The summed E-state index contributed by atoms with van der Waals surface area (Å²) in [5.74, 6) is -0.456. The highest BCUT2D eigenvalue weighted by molar-refractivity contribution is 6.05. The molecule has 0 aliphatic heterocycles. The van der Waals surface area contributed by atoms with Crippen LogP contribution in [0, 0.1) is 12.7 Å². The summed E-state index contributed by atoms with van der Waals surface area (Å²) in [7, 11) is 0. The Balaban J connectivity index is 1.72. The van der Waals surface area contributed by atoms with E-state index < -0.39 is 0 Å². The standard InChI is InChI=1S/C18H16FN3O/c1-13-6-2-4-8-16(13)18(23)21-15-10-20-22(12-15)11-14-7-3-5-9-17(14)19/h2-10,12H,11H2,1H3,(H,21,23). The zero-order valence-corrected chi connectivity index (χ0v) is 12.7. The molecule has 0 unspecified atom stereocenters. The molecule has 4 nitrogen and oxygen atoms in total. The van der Waals surface area contributed by atoms with E-state index >= 15 is 0 Å². The van der Waals surface area contributed by atoms with Crippen molar-refractivity contribution in [3.63, 3.8) is 0 Å². The van der Waals surface area contributed by atoms with Crippen molar-refractivity contribution in [3.8, 4) is 0 Å². The van der Waals surface area contributed by atoms with E-state index in [1.807, 2.05) is 25.1 Å². The van der Waals surface area contributed by atoms with Crippen LogP contribution in [0.2, 0.25) is 0 Å². The number of rotatable bonds is 4. The molecule has 0 bridgehead atoms. The summed E-state index contributed by atoms with van der Waals surface area (Å²) in [5, 5.41) is 6.96. The highest BCUT2D eigenvalue weighted by Gasteiger charge is 2.10. The van der Waals surface area contributed by atoms with Crippen LogP contribution in [0.25, 0.3) is 0 Å². The van der Waals surface area contributed by atoms with E-state index in [1.165, 1.54) is 6.07 Å². The summed E-state index contributed by atoms with van der Waals surface area (Å²) in [4.78, 5) is 12.2. The van der Waals surface area contributed by atoms with Crippen molar-refractivity contribution in [1.29, 1.82) is 0 Å². The second-order valence-corrected chi connectivity index (χ2v) is 5.29. The van der Waals surface area contributed by atoms with Crippen molar-refractivity contribution in [2.45, 2.75) is 13.5 Å². The van der Waals surface area contributed by atoms with Crippen LogP contribution in [0.3, 0.4) is 0 Å². The summed E-state index contributed by atoms with van der Waals surface area (Å²) in [6.07, 6.45) is 3.24. The molecule has 0 saturated heterocycles. The second-order valence-electron chi connectivity index (χ2n) is 5.29. The fourth-order valence-corrected chi connectivity index (χ4v) is 2.34. The molecule has 1 aromatic heterocycles. The third-order valence-electron chi connectivity index (χ3n) is 3.57. The quantitative estimate of drug-likeness (QED) is 0.800. The molecule has 0 aliphatic carbocycles. The maximum absolute atomic E-state index is 13.6. The Hall–Kier alpha value is -2.95. The Kier molecular flexibility index (Phi) is 4.19. The lowest BCUT2D eigenvalue weighted by Gasteiger charge is -2.05. The van der Waals surface area contributed by atoms with Gasteiger partial charge in [-0.2, -0.15) is 5.10 Å². The van der Waals surface area contributed by atoms with Crippen LogP contribution in [-0.4, -0.2) is 15.7 Å². The minimum atomic E-state index is -0.270. The Morgan fingerprint density at radius 1 is 1.17 bits per heavy atom. The fraction of sp³-hybridized carbons (Fsp3) is 0.111. The lowest BCUT2D eigenvalue weighted by atomic mass is 10.1. The summed E-state index contributed by atoms with van der Waals surface area (Å²) in [6.45, 7) is 2.20. The van der Waals surface area contributed by atoms with Gasteiger partial charge in [0.1, 0.15) is 5.82 Å². The molecule has 5 heteroatoms. The molecule has 1 N–H and O–H groups in total. The van der Waals surface area contributed by atoms with Gasteiger partial charge in [0.2, 0.25) is 0 Å². The predicted octanol–water partition coefficient (Wildman–Crippen LogP) is 3.63. The van der Waals surface area contributed by atoms with Gasteiger partial charge in [0.15, 0.2) is 0 Å². The number of benzene rings is 2. The zero-order valence-electron chi connectivity index (χ0n) is 12.7. The molecule has 116 valence electrons. The molecule has 0 fully saturated rings. The van der Waals surface area contributed by atoms with Crippen LogP contribution in [0.15, 0.2) is 60.9 Å². The molecule has 1 amide bonds. The van der Waals surface area contributed by atoms with Crippen LogP contribution in [0.5, 0.6) is 0 Å². The lowest BCUT2D eigenvalue weighted by Crippen LogP contribution is -2.12. The minimum absolute atomic E-state index is 0.187. The van der Waals surface area contributed by atoms with Gasteiger partial charge in [-0.3, -0.25) is 9.48 Å². The van der Waals surface area contributed by atoms with Crippen LogP contribution < -0.4 is 5.32 Å². The maximum atomic E-state index is 13.6. The summed E-state index contributed by atoms with van der Waals surface area (Å²) >= 11 is 0. The van der Waals surface area contributed by atoms with E-state index in [0.29, 0.717) is 23.4 Å². The van der Waals surface area contributed by atoms with Gasteiger partial charge in [0.25, 0.3) is 5.91 Å². The van der Waals surface area contributed by atoms with Crippen LogP contribution in [-0.2, 0) is 6.54 Å². The normalized spacial score (nSPS) is 10.5. The summed E-state index contributed by atoms with van der Waals surface area (Å²) in [6, 6.07) is 13.9. The van der Waals surface area contributed by atoms with Gasteiger partial charge in [0, 0.05) is 17.3 Å². The molecule has 0 radical (unpaired) electrons. The van der Waals surface area contributed by atoms with E-state index in [1.54, 1.807) is 41.3 Å². The predicted molar refractivity (Wildman–Crippen MR) is 86.9 cm³/mol. The van der Waals surface area contributed by atoms with Crippen LogP contribution in [0.1, 0.15) is 21.5 Å². The number of aryl methyl sites for hydroxylation is 1. The number of carbonyl (C=O) groups is 1. The second kappa shape index (κ2) is 6.44. The monoisotopic (exact) mass is 309 g/mol. The third kappa shape index (κ3) is 3.45. The first-order chi connectivity index (χ1) is 11.1. The Labute approximate surface area is 133 Å². The van der Waals surface area contributed by atoms with Gasteiger partial charge >= 0.3 is 0 Å². The topological polar surface area (TPSA) is 46.9 Å². The fourth-order valence-electron chi connectivity index (χ4n) is 2.34. The molecule has 3 aromatic rings. The number of carbonyl (C=O) groups excluding carboxylic acids is 1. The molecule has 0 saturated carbocycles. The number of amides is 1. The Morgan fingerprint density at radius 3 is 2.70 bits per heavy atom. The first-order valence-corrected chi connectivity index (χ1v) is 7.26. The number of aromatic nitrogens is 2. The van der Waals surface area contributed by atoms with E-state index in [-0.39, 0.29) is 11.7 Å². The van der Waals surface area contributed by atoms with Crippen LogP contribution >= 0.6 is 0 Å². The van der Waals surface area contributed by atoms with Gasteiger partial charge in [-0.15, -0.1) is 0 Å². The van der Waals surface area contributed by atoms with Gasteiger partial charge in [0.05, 0.1) is 18.4 Å². The molecule has 0 aliphatic rings. The molecular weight excluding hydrogens is 293 g/mol. The average Bonchev–Trinajstić information content (AvgIpc) is 2.97. The molecule has 23 heavy (non-hydrogen) atoms. The molecule has 0 atom stereocenters. The average molecular weight is 309 g/mol. The smallest absolute Gasteiger partial charge is 0.256 e. The lowest BCUT2D eigenvalue weighted by molar-refractivity contribution is 0.102. The highest BCUT2D eigenvalue weighted by Crippen LogP contribution is 2.13. The van der Waals surface area contributed by atoms with Gasteiger partial charge < -0.3 is 5.32 Å². The van der Waals surface area contributed by atoms with Crippen molar-refractivity contribution in [2.24, 2.45) is 0 Å². The van der Waals surface area contributed by atoms with Crippen molar-refractivity contribution in [3.05, 3.63) is 83.4 Å². The Bertz CT molecular complexity index is 842. The summed E-state index contributed by atoms with van der Waals surface area (Å²) in [5.41, 5.74) is 2.65. The largest absolute Gasteiger partial charge is 0.319 e. The van der Waals surface area contributed by atoms with Gasteiger partial charge in [-0.05, 0) is 24.6 Å². The van der Waals surface area contributed by atoms with E-state index in [9.17, 15) is 9.18 Å². The van der Waals surface area contributed by atoms with Gasteiger partial charge in [-0.1, -0.05) is 36.4 Å². The number of anilines is 1. The molecular formula is C18H16FN3O. The number of hydrogen-bond acceptors (Lipinski definition) is 2. The SMILES string of the molecule is Cc1ccccc1C(=O)Nc1cnn(Cc2ccccc2F)c1.